The van der Waals surface area contributed by atoms with Crippen molar-refractivity contribution in [1.82, 2.24) is 0 Å². The quantitative estimate of drug-likeness (QED) is 0.364. The van der Waals surface area contributed by atoms with Crippen LogP contribution in [-0.4, -0.2) is 39.1 Å². The van der Waals surface area contributed by atoms with Gasteiger partial charge >= 0.3 is 63.3 Å². The number of carbonyl (C=O) groups is 2. The first-order valence-corrected chi connectivity index (χ1v) is 7.39. The van der Waals surface area contributed by atoms with Gasteiger partial charge in [0.05, 0.1) is 30.2 Å². The normalized spacial score (nSPS) is 10.7. The number of esters is 2. The van der Waals surface area contributed by atoms with Crippen molar-refractivity contribution in [2.45, 2.75) is 4.90 Å². The average Bonchev–Trinajstić information content (AvgIpc) is 2.50. The van der Waals surface area contributed by atoms with Crippen molar-refractivity contribution in [3.63, 3.8) is 0 Å². The maximum absolute atomic E-state index is 11.9. The average molecular weight is 362 g/mol. The molecule has 0 spiro atoms. The summed E-state index contributed by atoms with van der Waals surface area (Å²) in [6.45, 7) is 0. The summed E-state index contributed by atoms with van der Waals surface area (Å²) in [4.78, 5) is 23.1. The van der Waals surface area contributed by atoms with Crippen molar-refractivity contribution in [1.29, 1.82) is 0 Å². The fraction of sp³-hybridized carbons (Fsp3) is 0.143. The molecule has 0 heterocycles. The van der Waals surface area contributed by atoms with Gasteiger partial charge in [0.25, 0.3) is 0 Å². The molecule has 0 fully saturated rings. The third-order valence-electron chi connectivity index (χ3n) is 3.05. The molecule has 0 amide bonds. The van der Waals surface area contributed by atoms with Gasteiger partial charge in [-0.1, -0.05) is 12.1 Å². The first kappa shape index (κ1) is 20.2. The minimum absolute atomic E-state index is 0. The number of methoxy groups -OCH3 is 2. The molecular weight excluding hydrogens is 351 g/mol. The molecule has 0 aliphatic heterocycles. The molecule has 2 aromatic rings. The monoisotopic (exact) mass is 362 g/mol. The van der Waals surface area contributed by atoms with Gasteiger partial charge in [0.1, 0.15) is 10.1 Å². The Hall–Kier alpha value is -0.814. The summed E-state index contributed by atoms with van der Waals surface area (Å²) in [5.41, 5.74) is -0.134. The van der Waals surface area contributed by atoms with Gasteiger partial charge in [0.2, 0.25) is 0 Å². The third kappa shape index (κ3) is 4.18. The number of fused-ring (bicyclic) bond motifs is 1. The molecule has 7 nitrogen and oxygen atoms in total. The van der Waals surface area contributed by atoms with Crippen LogP contribution in [-0.2, 0) is 19.6 Å². The Morgan fingerprint density at radius 2 is 1.57 bits per heavy atom. The number of ether oxygens (including phenoxy) is 2. The van der Waals surface area contributed by atoms with Gasteiger partial charge in [-0.05, 0) is 23.6 Å². The molecule has 0 aromatic heterocycles. The van der Waals surface area contributed by atoms with Crippen molar-refractivity contribution in [3.05, 3.63) is 41.5 Å². The van der Waals surface area contributed by atoms with E-state index in [1.54, 1.807) is 0 Å². The Balaban J connectivity index is 0.00000264. The van der Waals surface area contributed by atoms with Gasteiger partial charge in [-0.2, -0.15) is 0 Å². The Morgan fingerprint density at radius 1 is 1.00 bits per heavy atom. The minimum Gasteiger partial charge on any atom is -0.744 e. The van der Waals surface area contributed by atoms with Crippen molar-refractivity contribution < 1.29 is 83.4 Å². The molecule has 0 saturated carbocycles. The van der Waals surface area contributed by atoms with Crippen molar-refractivity contribution in [2.75, 3.05) is 14.2 Å². The first-order chi connectivity index (χ1) is 10.3. The van der Waals surface area contributed by atoms with Crippen molar-refractivity contribution in [2.24, 2.45) is 0 Å². The molecule has 0 atom stereocenters. The zero-order chi connectivity index (χ0) is 16.5. The fourth-order valence-corrected chi connectivity index (χ4v) is 2.63. The molecule has 23 heavy (non-hydrogen) atoms. The van der Waals surface area contributed by atoms with Gasteiger partial charge in [-0.15, -0.1) is 0 Å². The summed E-state index contributed by atoms with van der Waals surface area (Å²) in [5, 5.41) is 0.397. The largest absolute Gasteiger partial charge is 1.00 e. The van der Waals surface area contributed by atoms with E-state index in [4.69, 9.17) is 0 Å². The van der Waals surface area contributed by atoms with E-state index < -0.39 is 27.0 Å². The molecule has 0 radical (unpaired) electrons. The van der Waals surface area contributed by atoms with Gasteiger partial charge in [-0.25, -0.2) is 18.0 Å². The predicted octanol–water partition coefficient (Wildman–Crippen LogP) is -1.68. The second kappa shape index (κ2) is 7.84. The van der Waals surface area contributed by atoms with E-state index in [1.807, 2.05) is 0 Å². The maximum atomic E-state index is 11.9. The molecule has 2 rings (SSSR count). The van der Waals surface area contributed by atoms with Crippen LogP contribution >= 0.6 is 0 Å². The van der Waals surface area contributed by atoms with E-state index in [2.05, 4.69) is 9.47 Å². The SMILES string of the molecule is COC(=O)c1cccc2cc(S(=O)(=O)[O-])cc(C(=O)OC)c12.[K+]. The summed E-state index contributed by atoms with van der Waals surface area (Å²) in [6.07, 6.45) is 0. The van der Waals surface area contributed by atoms with Gasteiger partial charge in [0.15, 0.2) is 0 Å². The fourth-order valence-electron chi connectivity index (χ4n) is 2.10. The zero-order valence-electron chi connectivity index (χ0n) is 12.7. The van der Waals surface area contributed by atoms with Crippen LogP contribution in [0, 0.1) is 0 Å². The number of hydrogen-bond acceptors (Lipinski definition) is 7. The summed E-state index contributed by atoms with van der Waals surface area (Å²) in [7, 11) is -2.49. The van der Waals surface area contributed by atoms with E-state index >= 15 is 0 Å². The number of carbonyl (C=O) groups excluding carboxylic acids is 2. The Morgan fingerprint density at radius 3 is 2.09 bits per heavy atom. The Kier molecular flexibility index (Phi) is 6.90. The van der Waals surface area contributed by atoms with Crippen LogP contribution in [0.25, 0.3) is 10.8 Å². The van der Waals surface area contributed by atoms with Crippen molar-refractivity contribution >= 4 is 32.8 Å². The molecular formula is C14H11KO7S. The van der Waals surface area contributed by atoms with Gasteiger partial charge in [0, 0.05) is 5.39 Å². The molecule has 9 heteroatoms. The third-order valence-corrected chi connectivity index (χ3v) is 3.86. The summed E-state index contributed by atoms with van der Waals surface area (Å²) >= 11 is 0. The van der Waals surface area contributed by atoms with Gasteiger partial charge < -0.3 is 14.0 Å². The molecule has 116 valence electrons. The molecule has 0 aliphatic carbocycles. The molecule has 0 N–H and O–H groups in total. The van der Waals surface area contributed by atoms with Crippen LogP contribution in [0.4, 0.5) is 0 Å². The Bertz CT molecular complexity index is 874. The number of rotatable bonds is 3. The molecule has 0 aliphatic rings. The molecule has 0 saturated heterocycles. The molecule has 0 unspecified atom stereocenters. The van der Waals surface area contributed by atoms with Crippen LogP contribution in [0.2, 0.25) is 0 Å². The van der Waals surface area contributed by atoms with E-state index in [9.17, 15) is 22.6 Å². The minimum atomic E-state index is -4.77. The summed E-state index contributed by atoms with van der Waals surface area (Å²) in [5.74, 6) is -1.57. The first-order valence-electron chi connectivity index (χ1n) is 5.99. The second-order valence-corrected chi connectivity index (χ2v) is 5.69. The van der Waals surface area contributed by atoms with Crippen LogP contribution in [0.15, 0.2) is 35.2 Å². The van der Waals surface area contributed by atoms with Crippen LogP contribution < -0.4 is 51.4 Å². The zero-order valence-corrected chi connectivity index (χ0v) is 16.6. The predicted molar refractivity (Wildman–Crippen MR) is 74.6 cm³/mol. The van der Waals surface area contributed by atoms with E-state index in [-0.39, 0.29) is 73.3 Å². The standard InChI is InChI=1S/C14H12O7S.K/c1-20-13(15)10-5-3-4-8-6-9(22(17,18)19)7-11(12(8)10)14(16)21-2;/h3-7H,1-2H3,(H,17,18,19);/q;+1/p-1. The molecule has 0 bridgehead atoms. The summed E-state index contributed by atoms with van der Waals surface area (Å²) in [6, 6.07) is 6.37. The number of benzene rings is 2. The van der Waals surface area contributed by atoms with Crippen molar-refractivity contribution in [3.8, 4) is 0 Å². The second-order valence-electron chi connectivity index (χ2n) is 4.31. The number of hydrogen-bond donors (Lipinski definition) is 0. The van der Waals surface area contributed by atoms with E-state index in [0.717, 1.165) is 19.2 Å². The Labute approximate surface area is 175 Å². The van der Waals surface area contributed by atoms with Crippen LogP contribution in [0.1, 0.15) is 20.7 Å². The summed E-state index contributed by atoms with van der Waals surface area (Å²) < 4.78 is 42.9. The van der Waals surface area contributed by atoms with Crippen LogP contribution in [0.3, 0.4) is 0 Å². The molecule has 2 aromatic carbocycles. The maximum Gasteiger partial charge on any atom is 1.00 e. The van der Waals surface area contributed by atoms with Crippen LogP contribution in [0.5, 0.6) is 0 Å². The topological polar surface area (TPSA) is 110 Å². The van der Waals surface area contributed by atoms with Gasteiger partial charge in [-0.3, -0.25) is 0 Å². The van der Waals surface area contributed by atoms with E-state index in [0.29, 0.717) is 0 Å². The smallest absolute Gasteiger partial charge is 0.744 e. The van der Waals surface area contributed by atoms with E-state index in [1.165, 1.54) is 25.3 Å².